The standard InChI is InChI=1S/C21H22N2O3S/c1-13-19(21(25)26)27-20(23-13)14(2)22-18(24)9-5-6-15-10-11-16-7-3-4-8-17(16)12-15/h3-4,7-8,10-12,14H,5-6,9H2,1-2H3,(H,22,24)(H,25,26). The Hall–Kier alpha value is -2.73. The van der Waals surface area contributed by atoms with Crippen LogP contribution in [-0.2, 0) is 11.2 Å². The van der Waals surface area contributed by atoms with E-state index in [1.807, 2.05) is 19.1 Å². The van der Waals surface area contributed by atoms with E-state index in [2.05, 4.69) is 40.6 Å². The van der Waals surface area contributed by atoms with Gasteiger partial charge in [0.1, 0.15) is 9.88 Å². The number of thiazole rings is 1. The number of amides is 1. The van der Waals surface area contributed by atoms with Crippen LogP contribution in [0.5, 0.6) is 0 Å². The first-order chi connectivity index (χ1) is 12.9. The minimum Gasteiger partial charge on any atom is -0.477 e. The number of carboxylic acid groups (broad SMARTS) is 1. The molecule has 27 heavy (non-hydrogen) atoms. The van der Waals surface area contributed by atoms with Crippen molar-refractivity contribution in [3.8, 4) is 0 Å². The summed E-state index contributed by atoms with van der Waals surface area (Å²) in [5.41, 5.74) is 1.70. The first kappa shape index (κ1) is 19.0. The van der Waals surface area contributed by atoms with Gasteiger partial charge in [-0.05, 0) is 43.0 Å². The maximum Gasteiger partial charge on any atom is 0.347 e. The first-order valence-corrected chi connectivity index (χ1v) is 9.73. The molecule has 1 unspecified atom stereocenters. The van der Waals surface area contributed by atoms with Crippen LogP contribution in [0.25, 0.3) is 10.8 Å². The molecular weight excluding hydrogens is 360 g/mol. The number of aromatic carboxylic acids is 1. The minimum atomic E-state index is -0.981. The molecule has 1 atom stereocenters. The molecule has 3 rings (SSSR count). The highest BCUT2D eigenvalue weighted by molar-refractivity contribution is 7.13. The highest BCUT2D eigenvalue weighted by Crippen LogP contribution is 2.23. The van der Waals surface area contributed by atoms with Gasteiger partial charge in [-0.15, -0.1) is 11.3 Å². The molecule has 2 N–H and O–H groups in total. The fourth-order valence-electron chi connectivity index (χ4n) is 3.02. The zero-order valence-corrected chi connectivity index (χ0v) is 16.2. The largest absolute Gasteiger partial charge is 0.477 e. The maximum atomic E-state index is 12.2. The van der Waals surface area contributed by atoms with Crippen LogP contribution in [0.2, 0.25) is 0 Å². The van der Waals surface area contributed by atoms with E-state index in [4.69, 9.17) is 5.11 Å². The number of nitrogens with one attached hydrogen (secondary N) is 1. The summed E-state index contributed by atoms with van der Waals surface area (Å²) >= 11 is 1.11. The molecule has 0 aliphatic heterocycles. The number of carbonyl (C=O) groups is 2. The maximum absolute atomic E-state index is 12.2. The van der Waals surface area contributed by atoms with Gasteiger partial charge in [-0.3, -0.25) is 4.79 Å². The number of aryl methyl sites for hydroxylation is 2. The topological polar surface area (TPSA) is 79.3 Å². The van der Waals surface area contributed by atoms with Crippen LogP contribution in [-0.4, -0.2) is 22.0 Å². The SMILES string of the molecule is Cc1nc(C(C)NC(=O)CCCc2ccc3ccccc3c2)sc1C(=O)O. The Kier molecular flexibility index (Phi) is 5.86. The van der Waals surface area contributed by atoms with Gasteiger partial charge in [-0.25, -0.2) is 9.78 Å². The van der Waals surface area contributed by atoms with Crippen molar-refractivity contribution in [3.63, 3.8) is 0 Å². The molecule has 1 amide bonds. The van der Waals surface area contributed by atoms with Crippen LogP contribution in [0, 0.1) is 6.92 Å². The van der Waals surface area contributed by atoms with Gasteiger partial charge in [0, 0.05) is 6.42 Å². The fourth-order valence-corrected chi connectivity index (χ4v) is 3.93. The fraction of sp³-hybridized carbons (Fsp3) is 0.286. The first-order valence-electron chi connectivity index (χ1n) is 8.91. The average molecular weight is 382 g/mol. The van der Waals surface area contributed by atoms with Crippen molar-refractivity contribution < 1.29 is 14.7 Å². The number of carboxylic acids is 1. The Labute approximate surface area is 162 Å². The number of nitrogens with zero attached hydrogens (tertiary/aromatic N) is 1. The molecule has 5 nitrogen and oxygen atoms in total. The Morgan fingerprint density at radius 3 is 2.63 bits per heavy atom. The van der Waals surface area contributed by atoms with E-state index in [1.165, 1.54) is 16.3 Å². The lowest BCUT2D eigenvalue weighted by atomic mass is 10.0. The van der Waals surface area contributed by atoms with Crippen molar-refractivity contribution in [2.75, 3.05) is 0 Å². The predicted molar refractivity (Wildman–Crippen MR) is 107 cm³/mol. The summed E-state index contributed by atoms with van der Waals surface area (Å²) in [5, 5.41) is 15.1. The summed E-state index contributed by atoms with van der Waals surface area (Å²) in [7, 11) is 0. The lowest BCUT2D eigenvalue weighted by Gasteiger charge is -2.11. The van der Waals surface area contributed by atoms with Gasteiger partial charge < -0.3 is 10.4 Å². The van der Waals surface area contributed by atoms with Crippen molar-refractivity contribution in [2.45, 2.75) is 39.2 Å². The molecule has 0 aliphatic rings. The summed E-state index contributed by atoms with van der Waals surface area (Å²) in [6, 6.07) is 14.3. The van der Waals surface area contributed by atoms with E-state index in [0.29, 0.717) is 17.1 Å². The van der Waals surface area contributed by atoms with Crippen LogP contribution < -0.4 is 5.32 Å². The van der Waals surface area contributed by atoms with E-state index < -0.39 is 5.97 Å². The summed E-state index contributed by atoms with van der Waals surface area (Å²) in [4.78, 5) is 27.8. The van der Waals surface area contributed by atoms with Crippen LogP contribution >= 0.6 is 11.3 Å². The van der Waals surface area contributed by atoms with Crippen molar-refractivity contribution in [2.24, 2.45) is 0 Å². The Morgan fingerprint density at radius 1 is 1.19 bits per heavy atom. The summed E-state index contributed by atoms with van der Waals surface area (Å²) in [6.07, 6.45) is 2.02. The third kappa shape index (κ3) is 4.71. The molecule has 0 fully saturated rings. The molecule has 6 heteroatoms. The molecular formula is C21H22N2O3S. The Morgan fingerprint density at radius 2 is 1.93 bits per heavy atom. The second kappa shape index (κ2) is 8.31. The van der Waals surface area contributed by atoms with Crippen LogP contribution in [0.1, 0.15) is 51.7 Å². The van der Waals surface area contributed by atoms with Gasteiger partial charge in [-0.1, -0.05) is 42.5 Å². The highest BCUT2D eigenvalue weighted by atomic mass is 32.1. The summed E-state index contributed by atoms with van der Waals surface area (Å²) < 4.78 is 0. The van der Waals surface area contributed by atoms with Crippen molar-refractivity contribution >= 4 is 34.0 Å². The van der Waals surface area contributed by atoms with E-state index >= 15 is 0 Å². The summed E-state index contributed by atoms with van der Waals surface area (Å²) in [6.45, 7) is 3.49. The van der Waals surface area contributed by atoms with Crippen molar-refractivity contribution in [1.82, 2.24) is 10.3 Å². The third-order valence-electron chi connectivity index (χ3n) is 4.44. The van der Waals surface area contributed by atoms with Crippen molar-refractivity contribution in [1.29, 1.82) is 0 Å². The molecule has 2 aromatic carbocycles. The van der Waals surface area contributed by atoms with Crippen LogP contribution in [0.4, 0.5) is 0 Å². The lowest BCUT2D eigenvalue weighted by Crippen LogP contribution is -2.26. The molecule has 1 heterocycles. The summed E-state index contributed by atoms with van der Waals surface area (Å²) in [5.74, 6) is -1.03. The monoisotopic (exact) mass is 382 g/mol. The Bertz CT molecular complexity index is 980. The van der Waals surface area contributed by atoms with Gasteiger partial charge in [-0.2, -0.15) is 0 Å². The minimum absolute atomic E-state index is 0.0481. The molecule has 0 saturated carbocycles. The van der Waals surface area contributed by atoms with Gasteiger partial charge in [0.2, 0.25) is 5.91 Å². The molecule has 140 valence electrons. The quantitative estimate of drug-likeness (QED) is 0.630. The molecule has 3 aromatic rings. The zero-order chi connectivity index (χ0) is 19.4. The van der Waals surface area contributed by atoms with Crippen molar-refractivity contribution in [3.05, 3.63) is 63.6 Å². The second-order valence-electron chi connectivity index (χ2n) is 6.60. The zero-order valence-electron chi connectivity index (χ0n) is 15.4. The normalized spacial score (nSPS) is 12.1. The smallest absolute Gasteiger partial charge is 0.347 e. The van der Waals surface area contributed by atoms with Gasteiger partial charge in [0.15, 0.2) is 0 Å². The van der Waals surface area contributed by atoms with E-state index in [-0.39, 0.29) is 16.8 Å². The third-order valence-corrected chi connectivity index (χ3v) is 5.77. The second-order valence-corrected chi connectivity index (χ2v) is 7.63. The van der Waals surface area contributed by atoms with E-state index in [9.17, 15) is 9.59 Å². The van der Waals surface area contributed by atoms with Gasteiger partial charge >= 0.3 is 5.97 Å². The number of hydrogen-bond acceptors (Lipinski definition) is 4. The lowest BCUT2D eigenvalue weighted by molar-refractivity contribution is -0.121. The van der Waals surface area contributed by atoms with Gasteiger partial charge in [0.25, 0.3) is 0 Å². The molecule has 0 saturated heterocycles. The number of aromatic nitrogens is 1. The highest BCUT2D eigenvalue weighted by Gasteiger charge is 2.19. The van der Waals surface area contributed by atoms with Crippen LogP contribution in [0.15, 0.2) is 42.5 Å². The number of rotatable bonds is 7. The Balaban J connectivity index is 1.51. The molecule has 1 aromatic heterocycles. The molecule has 0 bridgehead atoms. The number of fused-ring (bicyclic) bond motifs is 1. The molecule has 0 aliphatic carbocycles. The molecule has 0 spiro atoms. The predicted octanol–water partition coefficient (Wildman–Crippen LogP) is 4.50. The number of hydrogen-bond donors (Lipinski definition) is 2. The van der Waals surface area contributed by atoms with E-state index in [0.717, 1.165) is 24.2 Å². The van der Waals surface area contributed by atoms with Gasteiger partial charge in [0.05, 0.1) is 11.7 Å². The number of carbonyl (C=O) groups excluding carboxylic acids is 1. The number of benzene rings is 2. The molecule has 0 radical (unpaired) electrons. The average Bonchev–Trinajstić information content (AvgIpc) is 3.04. The van der Waals surface area contributed by atoms with Crippen LogP contribution in [0.3, 0.4) is 0 Å². The van der Waals surface area contributed by atoms with E-state index in [1.54, 1.807) is 6.92 Å².